The summed E-state index contributed by atoms with van der Waals surface area (Å²) in [6.45, 7) is 7.04. The topological polar surface area (TPSA) is 135 Å². The zero-order valence-corrected chi connectivity index (χ0v) is 18.0. The second kappa shape index (κ2) is 9.10. The second-order valence-corrected chi connectivity index (χ2v) is 7.58. The molecule has 10 nitrogen and oxygen atoms in total. The van der Waals surface area contributed by atoms with Gasteiger partial charge in [-0.3, -0.25) is 4.57 Å². The van der Waals surface area contributed by atoms with Gasteiger partial charge in [-0.25, -0.2) is 9.78 Å². The highest BCUT2D eigenvalue weighted by Gasteiger charge is 2.49. The van der Waals surface area contributed by atoms with Gasteiger partial charge in [0.2, 0.25) is 0 Å². The fourth-order valence-corrected chi connectivity index (χ4v) is 3.70. The molecule has 3 heterocycles. The van der Waals surface area contributed by atoms with Crippen molar-refractivity contribution in [1.82, 2.24) is 19.5 Å². The minimum atomic E-state index is -1.64. The number of nitrogen functional groups attached to an aromatic ring is 1. The molecule has 0 unspecified atom stereocenters. The predicted molar refractivity (Wildman–Crippen MR) is 113 cm³/mol. The lowest BCUT2D eigenvalue weighted by molar-refractivity contribution is -0.108. The number of imidazole rings is 1. The van der Waals surface area contributed by atoms with Gasteiger partial charge in [0.25, 0.3) is 0 Å². The molecule has 3 rings (SSSR count). The number of fused-ring (bicyclic) bond motifs is 1. The van der Waals surface area contributed by atoms with Crippen molar-refractivity contribution < 1.29 is 28.5 Å². The van der Waals surface area contributed by atoms with Crippen molar-refractivity contribution in [2.75, 3.05) is 12.3 Å². The van der Waals surface area contributed by atoms with E-state index in [1.54, 1.807) is 6.08 Å². The van der Waals surface area contributed by atoms with E-state index in [0.29, 0.717) is 19.3 Å². The summed E-state index contributed by atoms with van der Waals surface area (Å²) in [5, 5.41) is 10.6. The van der Waals surface area contributed by atoms with Crippen molar-refractivity contribution in [1.29, 1.82) is 0 Å². The molecular weight excluding hydrogens is 421 g/mol. The summed E-state index contributed by atoms with van der Waals surface area (Å²) in [7, 11) is 0. The molecule has 0 bridgehead atoms. The predicted octanol–water partition coefficient (Wildman–Crippen LogP) is 2.49. The maximum absolute atomic E-state index is 13.7. The SMILES string of the molecule is C#C[C@]1(COC(=O)OC(CC)(CC)CC=C)O[C@@H](n2cnc3c(N)nc(F)nc32)C[C@@H]1O. The second-order valence-electron chi connectivity index (χ2n) is 7.58. The largest absolute Gasteiger partial charge is 0.508 e. The number of terminal acetylenes is 1. The van der Waals surface area contributed by atoms with Crippen LogP contribution in [0.2, 0.25) is 0 Å². The number of hydrogen-bond acceptors (Lipinski definition) is 9. The molecule has 3 N–H and O–H groups in total. The highest BCUT2D eigenvalue weighted by atomic mass is 19.1. The van der Waals surface area contributed by atoms with Crippen molar-refractivity contribution in [3.63, 3.8) is 0 Å². The Morgan fingerprint density at radius 1 is 1.56 bits per heavy atom. The standard InChI is InChI=1S/C21H26FN5O5/c1-5-9-20(6-2,7-3)32-19(29)30-11-21(8-4)13(28)10-14(31-21)27-12-24-15-16(23)25-18(22)26-17(15)27/h4-5,12-14,28H,1,6-7,9-11H2,2-3H3,(H2,23,25,26)/t13-,14+,21+/m0/s1. The van der Waals surface area contributed by atoms with E-state index >= 15 is 0 Å². The molecule has 0 aromatic carbocycles. The molecule has 32 heavy (non-hydrogen) atoms. The maximum atomic E-state index is 13.7. The summed E-state index contributed by atoms with van der Waals surface area (Å²) in [6.07, 6.45) is 6.26. The van der Waals surface area contributed by atoms with Crippen LogP contribution in [0, 0.1) is 18.4 Å². The van der Waals surface area contributed by atoms with E-state index in [9.17, 15) is 14.3 Å². The number of anilines is 1. The molecule has 0 saturated carbocycles. The Morgan fingerprint density at radius 2 is 2.28 bits per heavy atom. The molecule has 1 aliphatic rings. The number of aliphatic hydroxyl groups excluding tert-OH is 1. The van der Waals surface area contributed by atoms with Crippen molar-refractivity contribution >= 4 is 23.1 Å². The number of nitrogens with two attached hydrogens (primary N) is 1. The van der Waals surface area contributed by atoms with Gasteiger partial charge in [0.1, 0.15) is 24.5 Å². The lowest BCUT2D eigenvalue weighted by Gasteiger charge is -2.31. The molecule has 1 saturated heterocycles. The van der Waals surface area contributed by atoms with Gasteiger partial charge in [0.15, 0.2) is 22.6 Å². The van der Waals surface area contributed by atoms with Crippen LogP contribution in [0.1, 0.15) is 45.8 Å². The third-order valence-corrected chi connectivity index (χ3v) is 5.79. The van der Waals surface area contributed by atoms with E-state index in [2.05, 4.69) is 27.5 Å². The fourth-order valence-electron chi connectivity index (χ4n) is 3.70. The van der Waals surface area contributed by atoms with Crippen molar-refractivity contribution in [3.8, 4) is 12.3 Å². The summed E-state index contributed by atoms with van der Waals surface area (Å²) in [5.74, 6) is 2.24. The first-order valence-electron chi connectivity index (χ1n) is 10.2. The summed E-state index contributed by atoms with van der Waals surface area (Å²) in [5.41, 5.74) is 3.57. The number of halogens is 1. The number of carbonyl (C=O) groups is 1. The van der Waals surface area contributed by atoms with Gasteiger partial charge < -0.3 is 25.1 Å². The monoisotopic (exact) mass is 447 g/mol. The van der Waals surface area contributed by atoms with Crippen LogP contribution in [0.15, 0.2) is 19.0 Å². The van der Waals surface area contributed by atoms with E-state index in [1.807, 2.05) is 13.8 Å². The smallest absolute Gasteiger partial charge is 0.430 e. The summed E-state index contributed by atoms with van der Waals surface area (Å²) < 4.78 is 31.7. The Morgan fingerprint density at radius 3 is 2.91 bits per heavy atom. The molecule has 3 atom stereocenters. The lowest BCUT2D eigenvalue weighted by Crippen LogP contribution is -2.44. The zero-order chi connectivity index (χ0) is 23.5. The van der Waals surface area contributed by atoms with Crippen LogP contribution in [0.4, 0.5) is 15.0 Å². The molecule has 11 heteroatoms. The van der Waals surface area contributed by atoms with E-state index in [1.165, 1.54) is 10.9 Å². The van der Waals surface area contributed by atoms with Gasteiger partial charge in [0.05, 0.1) is 6.33 Å². The van der Waals surface area contributed by atoms with Crippen molar-refractivity contribution in [3.05, 3.63) is 25.1 Å². The summed E-state index contributed by atoms with van der Waals surface area (Å²) in [4.78, 5) is 23.6. The summed E-state index contributed by atoms with van der Waals surface area (Å²) in [6, 6.07) is 0. The first-order valence-corrected chi connectivity index (χ1v) is 10.2. The van der Waals surface area contributed by atoms with Crippen LogP contribution in [-0.4, -0.2) is 54.7 Å². The van der Waals surface area contributed by atoms with Gasteiger partial charge in [-0.1, -0.05) is 25.8 Å². The van der Waals surface area contributed by atoms with Crippen LogP contribution in [0.25, 0.3) is 11.2 Å². The fraction of sp³-hybridized carbons (Fsp3) is 0.524. The number of carbonyl (C=O) groups excluding carboxylic acids is 1. The minimum absolute atomic E-state index is 0.0178. The molecular formula is C21H26FN5O5. The minimum Gasteiger partial charge on any atom is -0.430 e. The molecule has 0 radical (unpaired) electrons. The number of nitrogens with zero attached hydrogens (tertiary/aromatic N) is 4. The molecule has 0 amide bonds. The molecule has 1 fully saturated rings. The van der Waals surface area contributed by atoms with Crippen LogP contribution in [0.3, 0.4) is 0 Å². The maximum Gasteiger partial charge on any atom is 0.508 e. The van der Waals surface area contributed by atoms with E-state index in [4.69, 9.17) is 26.4 Å². The first-order chi connectivity index (χ1) is 15.2. The number of rotatable bonds is 8. The van der Waals surface area contributed by atoms with Gasteiger partial charge in [0, 0.05) is 12.8 Å². The first kappa shape index (κ1) is 23.4. The lowest BCUT2D eigenvalue weighted by atomic mass is 9.93. The third kappa shape index (κ3) is 4.24. The third-order valence-electron chi connectivity index (χ3n) is 5.79. The van der Waals surface area contributed by atoms with E-state index < -0.39 is 42.4 Å². The van der Waals surface area contributed by atoms with Gasteiger partial charge in [-0.15, -0.1) is 13.0 Å². The Balaban J connectivity index is 1.76. The van der Waals surface area contributed by atoms with Gasteiger partial charge >= 0.3 is 12.2 Å². The van der Waals surface area contributed by atoms with Crippen LogP contribution < -0.4 is 5.73 Å². The molecule has 172 valence electrons. The molecule has 1 aliphatic heterocycles. The highest BCUT2D eigenvalue weighted by Crippen LogP contribution is 2.38. The van der Waals surface area contributed by atoms with Gasteiger partial charge in [-0.05, 0) is 12.8 Å². The Kier molecular flexibility index (Phi) is 6.66. The average molecular weight is 447 g/mol. The Hall–Kier alpha value is -3.23. The average Bonchev–Trinajstić information content (AvgIpc) is 3.33. The molecule has 2 aromatic rings. The molecule has 0 aliphatic carbocycles. The molecule has 0 spiro atoms. The van der Waals surface area contributed by atoms with Crippen molar-refractivity contribution in [2.45, 2.75) is 63.1 Å². The number of hydrogen-bond donors (Lipinski definition) is 2. The van der Waals surface area contributed by atoms with Crippen LogP contribution in [-0.2, 0) is 14.2 Å². The van der Waals surface area contributed by atoms with Crippen LogP contribution in [0.5, 0.6) is 0 Å². The highest BCUT2D eigenvalue weighted by molar-refractivity contribution is 5.81. The summed E-state index contributed by atoms with van der Waals surface area (Å²) >= 11 is 0. The Bertz CT molecular complexity index is 1050. The van der Waals surface area contributed by atoms with E-state index in [0.717, 1.165) is 0 Å². The van der Waals surface area contributed by atoms with Gasteiger partial charge in [-0.2, -0.15) is 14.4 Å². The number of ether oxygens (including phenoxy) is 3. The molecule has 2 aromatic heterocycles. The zero-order valence-electron chi connectivity index (χ0n) is 18.0. The Labute approximate surface area is 184 Å². The normalized spacial score (nSPS) is 23.1. The van der Waals surface area contributed by atoms with Crippen molar-refractivity contribution in [2.24, 2.45) is 0 Å². The van der Waals surface area contributed by atoms with Crippen LogP contribution >= 0.6 is 0 Å². The quantitative estimate of drug-likeness (QED) is 0.271. The van der Waals surface area contributed by atoms with E-state index in [-0.39, 0.29) is 23.4 Å². The number of aliphatic hydroxyl groups is 1. The number of aromatic nitrogens is 4.